The molecule has 2 aromatic rings. The van der Waals surface area contributed by atoms with E-state index in [9.17, 15) is 18.0 Å². The van der Waals surface area contributed by atoms with Gasteiger partial charge in [-0.15, -0.1) is 0 Å². The number of nitrogens with two attached hydrogens (primary N) is 1. The van der Waals surface area contributed by atoms with Crippen LogP contribution in [0.3, 0.4) is 0 Å². The summed E-state index contributed by atoms with van der Waals surface area (Å²) in [5, 5.41) is 3.52. The van der Waals surface area contributed by atoms with Crippen LogP contribution in [0.1, 0.15) is 27.3 Å². The van der Waals surface area contributed by atoms with Gasteiger partial charge >= 0.3 is 12.1 Å². The lowest BCUT2D eigenvalue weighted by molar-refractivity contribution is -0.140. The summed E-state index contributed by atoms with van der Waals surface area (Å²) in [4.78, 5) is 11.3. The number of methoxy groups -OCH3 is 1. The Morgan fingerprint density at radius 3 is 2.36 bits per heavy atom. The van der Waals surface area contributed by atoms with Crippen molar-refractivity contribution in [2.75, 3.05) is 12.8 Å². The van der Waals surface area contributed by atoms with E-state index in [0.29, 0.717) is 11.1 Å². The number of anilines is 1. The van der Waals surface area contributed by atoms with Gasteiger partial charge in [0.25, 0.3) is 0 Å². The number of rotatable bonds is 3. The van der Waals surface area contributed by atoms with E-state index in [1.807, 2.05) is 0 Å². The van der Waals surface area contributed by atoms with Crippen molar-refractivity contribution in [3.63, 3.8) is 0 Å². The van der Waals surface area contributed by atoms with Gasteiger partial charge < -0.3 is 10.5 Å². The lowest BCUT2D eigenvalue weighted by Gasteiger charge is -2.06. The first-order valence-electron chi connectivity index (χ1n) is 6.31. The second kappa shape index (κ2) is 5.70. The second-order valence-electron chi connectivity index (χ2n) is 4.69. The fraction of sp³-hybridized carbons (Fsp3) is 0.286. The molecule has 8 heteroatoms. The topological polar surface area (TPSA) is 70.1 Å². The highest BCUT2D eigenvalue weighted by Gasteiger charge is 2.37. The van der Waals surface area contributed by atoms with Crippen LogP contribution in [-0.2, 0) is 17.5 Å². The average molecular weight is 313 g/mol. The molecule has 2 N–H and O–H groups in total. The number of ether oxygens (including phenoxy) is 1. The van der Waals surface area contributed by atoms with Gasteiger partial charge in [0.05, 0.1) is 30.6 Å². The Labute approximate surface area is 124 Å². The molecule has 0 atom stereocenters. The highest BCUT2D eigenvalue weighted by molar-refractivity contribution is 5.89. The average Bonchev–Trinajstić information content (AvgIpc) is 2.75. The molecular formula is C14H14F3N3O2. The summed E-state index contributed by atoms with van der Waals surface area (Å²) < 4.78 is 44.0. The Morgan fingerprint density at radius 1 is 1.32 bits per heavy atom. The van der Waals surface area contributed by atoms with Crippen LogP contribution in [-0.4, -0.2) is 22.9 Å². The van der Waals surface area contributed by atoms with Crippen molar-refractivity contribution in [1.82, 2.24) is 9.78 Å². The molecule has 1 aromatic carbocycles. The number of nitrogen functional groups attached to an aromatic ring is 1. The minimum absolute atomic E-state index is 0.119. The lowest BCUT2D eigenvalue weighted by Crippen LogP contribution is -2.10. The van der Waals surface area contributed by atoms with E-state index in [4.69, 9.17) is 5.73 Å². The zero-order chi connectivity index (χ0) is 16.5. The second-order valence-corrected chi connectivity index (χ2v) is 4.69. The van der Waals surface area contributed by atoms with Crippen molar-refractivity contribution < 1.29 is 22.7 Å². The van der Waals surface area contributed by atoms with Crippen molar-refractivity contribution in [3.05, 3.63) is 46.8 Å². The van der Waals surface area contributed by atoms with Crippen LogP contribution in [0.5, 0.6) is 0 Å². The number of nitrogens with zero attached hydrogens (tertiary/aromatic N) is 2. The van der Waals surface area contributed by atoms with Crippen LogP contribution >= 0.6 is 0 Å². The molecule has 0 saturated carbocycles. The molecule has 1 heterocycles. The molecule has 0 saturated heterocycles. The Hall–Kier alpha value is -2.51. The molecule has 22 heavy (non-hydrogen) atoms. The minimum atomic E-state index is -4.59. The van der Waals surface area contributed by atoms with E-state index in [1.165, 1.54) is 30.8 Å². The third-order valence-electron chi connectivity index (χ3n) is 3.23. The van der Waals surface area contributed by atoms with Crippen LogP contribution in [0.4, 0.5) is 18.9 Å². The van der Waals surface area contributed by atoms with Crippen LogP contribution in [0.25, 0.3) is 0 Å². The van der Waals surface area contributed by atoms with Crippen molar-refractivity contribution in [2.45, 2.75) is 19.6 Å². The number of halogens is 3. The number of carbonyl (C=O) groups excluding carboxylic acids is 1. The molecule has 0 aliphatic rings. The molecule has 0 radical (unpaired) electrons. The highest BCUT2D eigenvalue weighted by Crippen LogP contribution is 2.34. The SMILES string of the molecule is COC(=O)c1ccc(Cn2nc(C(F)(F)F)c(N)c2C)cc1. The maximum Gasteiger partial charge on any atom is 0.437 e. The summed E-state index contributed by atoms with van der Waals surface area (Å²) in [5.41, 5.74) is 5.28. The van der Waals surface area contributed by atoms with Crippen LogP contribution < -0.4 is 5.73 Å². The number of carbonyl (C=O) groups is 1. The first-order valence-corrected chi connectivity index (χ1v) is 6.31. The number of hydrogen-bond acceptors (Lipinski definition) is 4. The summed E-state index contributed by atoms with van der Waals surface area (Å²) >= 11 is 0. The first-order chi connectivity index (χ1) is 10.2. The van der Waals surface area contributed by atoms with Gasteiger partial charge in [0.15, 0.2) is 5.69 Å². The molecular weight excluding hydrogens is 299 g/mol. The van der Waals surface area contributed by atoms with Gasteiger partial charge in [-0.05, 0) is 24.6 Å². The molecule has 0 aliphatic carbocycles. The smallest absolute Gasteiger partial charge is 0.437 e. The standard InChI is InChI=1S/C14H14F3N3O2/c1-8-11(18)12(14(15,16)17)19-20(8)7-9-3-5-10(6-4-9)13(21)22-2/h3-6H,7,18H2,1-2H3. The van der Waals surface area contributed by atoms with Gasteiger partial charge in [-0.1, -0.05) is 12.1 Å². The molecule has 1 aromatic heterocycles. The largest absolute Gasteiger partial charge is 0.465 e. The number of hydrogen-bond donors (Lipinski definition) is 1. The number of aromatic nitrogens is 2. The molecule has 0 fully saturated rings. The van der Waals surface area contributed by atoms with Gasteiger partial charge in [0, 0.05) is 0 Å². The van der Waals surface area contributed by atoms with Crippen LogP contribution in [0.15, 0.2) is 24.3 Å². The summed E-state index contributed by atoms with van der Waals surface area (Å²) in [6.07, 6.45) is -4.59. The summed E-state index contributed by atoms with van der Waals surface area (Å²) in [5.74, 6) is -0.481. The first kappa shape index (κ1) is 15.9. The van der Waals surface area contributed by atoms with Crippen molar-refractivity contribution in [1.29, 1.82) is 0 Å². The van der Waals surface area contributed by atoms with Crippen molar-refractivity contribution in [2.24, 2.45) is 0 Å². The highest BCUT2D eigenvalue weighted by atomic mass is 19.4. The van der Waals surface area contributed by atoms with Gasteiger partial charge in [-0.3, -0.25) is 4.68 Å². The fourth-order valence-corrected chi connectivity index (χ4v) is 1.96. The predicted octanol–water partition coefficient (Wildman–Crippen LogP) is 2.63. The maximum atomic E-state index is 12.8. The maximum absolute atomic E-state index is 12.8. The van der Waals surface area contributed by atoms with Crippen molar-refractivity contribution >= 4 is 11.7 Å². The summed E-state index contributed by atoms with van der Waals surface area (Å²) in [7, 11) is 1.27. The Kier molecular flexibility index (Phi) is 4.11. The Balaban J connectivity index is 2.26. The van der Waals surface area contributed by atoms with E-state index in [-0.39, 0.29) is 17.9 Å². The molecule has 2 rings (SSSR count). The fourth-order valence-electron chi connectivity index (χ4n) is 1.96. The molecule has 0 bridgehead atoms. The number of esters is 1. The molecule has 0 spiro atoms. The van der Waals surface area contributed by atoms with E-state index in [0.717, 1.165) is 0 Å². The van der Waals surface area contributed by atoms with Gasteiger partial charge in [-0.25, -0.2) is 4.79 Å². The summed E-state index contributed by atoms with van der Waals surface area (Å²) in [6, 6.07) is 6.32. The third-order valence-corrected chi connectivity index (χ3v) is 3.23. The van der Waals surface area contributed by atoms with E-state index in [2.05, 4.69) is 9.84 Å². The van der Waals surface area contributed by atoms with Crippen LogP contribution in [0, 0.1) is 6.92 Å². The van der Waals surface area contributed by atoms with Gasteiger partial charge in [0.2, 0.25) is 0 Å². The third kappa shape index (κ3) is 3.05. The predicted molar refractivity (Wildman–Crippen MR) is 73.3 cm³/mol. The zero-order valence-electron chi connectivity index (χ0n) is 11.9. The van der Waals surface area contributed by atoms with Crippen molar-refractivity contribution in [3.8, 4) is 0 Å². The normalized spacial score (nSPS) is 11.5. The minimum Gasteiger partial charge on any atom is -0.465 e. The Bertz CT molecular complexity index is 691. The van der Waals surface area contributed by atoms with E-state index in [1.54, 1.807) is 12.1 Å². The monoisotopic (exact) mass is 313 g/mol. The van der Waals surface area contributed by atoms with E-state index < -0.39 is 17.8 Å². The molecule has 0 amide bonds. The molecule has 5 nitrogen and oxygen atoms in total. The molecule has 118 valence electrons. The number of benzene rings is 1. The molecule has 0 aliphatic heterocycles. The quantitative estimate of drug-likeness (QED) is 0.884. The van der Waals surface area contributed by atoms with Crippen LogP contribution in [0.2, 0.25) is 0 Å². The molecule has 0 unspecified atom stereocenters. The number of alkyl halides is 3. The van der Waals surface area contributed by atoms with Gasteiger partial charge in [0.1, 0.15) is 0 Å². The Morgan fingerprint density at radius 2 is 1.91 bits per heavy atom. The zero-order valence-corrected chi connectivity index (χ0v) is 11.9. The van der Waals surface area contributed by atoms with Gasteiger partial charge in [-0.2, -0.15) is 18.3 Å². The van der Waals surface area contributed by atoms with E-state index >= 15 is 0 Å². The summed E-state index contributed by atoms with van der Waals surface area (Å²) in [6.45, 7) is 1.59. The lowest BCUT2D eigenvalue weighted by atomic mass is 10.1.